The van der Waals surface area contributed by atoms with Crippen molar-refractivity contribution in [3.63, 3.8) is 0 Å². The predicted molar refractivity (Wildman–Crippen MR) is 63.3 cm³/mol. The first-order chi connectivity index (χ1) is 7.54. The van der Waals surface area contributed by atoms with Gasteiger partial charge in [0.25, 0.3) is 0 Å². The quantitative estimate of drug-likeness (QED) is 0.472. The molecular weight excluding hydrogens is 204 g/mol. The maximum Gasteiger partial charge on any atom is 0.230 e. The van der Waals surface area contributed by atoms with Crippen molar-refractivity contribution in [3.05, 3.63) is 39.3 Å². The summed E-state index contributed by atoms with van der Waals surface area (Å²) in [6.45, 7) is 5.70. The second-order valence-electron chi connectivity index (χ2n) is 3.71. The fraction of sp³-hybridized carbons (Fsp3) is 0.364. The Hall–Kier alpha value is -2.00. The molecule has 1 aromatic rings. The molecule has 1 amide bonds. The Bertz CT molecular complexity index is 438. The standard InChI is InChI=1S/C11H14N4O/c1-7-4-8(2)11(9(3)5-7)14-10(16)6-13-15-12/h4-5H,6H2,1-3H3,(H,14,16). The summed E-state index contributed by atoms with van der Waals surface area (Å²) >= 11 is 0. The number of carbonyl (C=O) groups is 1. The molecule has 16 heavy (non-hydrogen) atoms. The number of benzene rings is 1. The van der Waals surface area contributed by atoms with Gasteiger partial charge < -0.3 is 5.32 Å². The lowest BCUT2D eigenvalue weighted by atomic mass is 10.1. The number of nitrogens with zero attached hydrogens (tertiary/aromatic N) is 3. The van der Waals surface area contributed by atoms with Gasteiger partial charge in [0.1, 0.15) is 6.54 Å². The highest BCUT2D eigenvalue weighted by atomic mass is 16.1. The van der Waals surface area contributed by atoms with Crippen LogP contribution in [-0.4, -0.2) is 12.5 Å². The smallest absolute Gasteiger partial charge is 0.230 e. The molecular formula is C11H14N4O. The van der Waals surface area contributed by atoms with Gasteiger partial charge in [-0.2, -0.15) is 0 Å². The molecule has 0 aromatic heterocycles. The number of anilines is 1. The number of hydrogen-bond acceptors (Lipinski definition) is 2. The summed E-state index contributed by atoms with van der Waals surface area (Å²) in [6.07, 6.45) is 0. The highest BCUT2D eigenvalue weighted by molar-refractivity contribution is 5.93. The molecule has 1 rings (SSSR count). The minimum absolute atomic E-state index is 0.177. The maximum absolute atomic E-state index is 11.4. The molecule has 0 aliphatic heterocycles. The first-order valence-electron chi connectivity index (χ1n) is 4.93. The third kappa shape index (κ3) is 3.00. The molecule has 1 N–H and O–H groups in total. The van der Waals surface area contributed by atoms with Crippen molar-refractivity contribution in [2.24, 2.45) is 5.11 Å². The van der Waals surface area contributed by atoms with Crippen LogP contribution in [0.2, 0.25) is 0 Å². The summed E-state index contributed by atoms with van der Waals surface area (Å²) in [5.41, 5.74) is 12.1. The number of amides is 1. The lowest BCUT2D eigenvalue weighted by molar-refractivity contribution is -0.114. The van der Waals surface area contributed by atoms with E-state index in [9.17, 15) is 4.79 Å². The Labute approximate surface area is 94.1 Å². The van der Waals surface area contributed by atoms with Crippen molar-refractivity contribution in [3.8, 4) is 0 Å². The minimum atomic E-state index is -0.298. The highest BCUT2D eigenvalue weighted by Gasteiger charge is 2.06. The van der Waals surface area contributed by atoms with E-state index >= 15 is 0 Å². The first kappa shape index (κ1) is 12.1. The normalized spacial score (nSPS) is 9.44. The number of rotatable bonds is 3. The van der Waals surface area contributed by atoms with Crippen LogP contribution in [0.25, 0.3) is 10.4 Å². The lowest BCUT2D eigenvalue weighted by Gasteiger charge is -2.11. The van der Waals surface area contributed by atoms with Gasteiger partial charge in [0.05, 0.1) is 0 Å². The van der Waals surface area contributed by atoms with Gasteiger partial charge in [-0.05, 0) is 37.4 Å². The van der Waals surface area contributed by atoms with E-state index in [1.807, 2.05) is 32.9 Å². The van der Waals surface area contributed by atoms with Crippen LogP contribution in [0.5, 0.6) is 0 Å². The van der Waals surface area contributed by atoms with Crippen LogP contribution in [-0.2, 0) is 4.79 Å². The third-order valence-electron chi connectivity index (χ3n) is 2.22. The van der Waals surface area contributed by atoms with E-state index in [4.69, 9.17) is 5.53 Å². The Balaban J connectivity index is 2.89. The van der Waals surface area contributed by atoms with Crippen molar-refractivity contribution in [1.29, 1.82) is 0 Å². The SMILES string of the molecule is Cc1cc(C)c(NC(=O)CN=[N+]=[N-])c(C)c1. The molecule has 0 saturated carbocycles. The fourth-order valence-electron chi connectivity index (χ4n) is 1.65. The van der Waals surface area contributed by atoms with E-state index in [1.54, 1.807) is 0 Å². The highest BCUT2D eigenvalue weighted by Crippen LogP contribution is 2.21. The molecule has 5 heteroatoms. The topological polar surface area (TPSA) is 77.9 Å². The molecule has 0 spiro atoms. The monoisotopic (exact) mass is 218 g/mol. The number of carbonyl (C=O) groups excluding carboxylic acids is 1. The summed E-state index contributed by atoms with van der Waals surface area (Å²) in [4.78, 5) is 13.9. The Kier molecular flexibility index (Phi) is 3.91. The Morgan fingerprint density at radius 1 is 1.38 bits per heavy atom. The van der Waals surface area contributed by atoms with Gasteiger partial charge in [-0.25, -0.2) is 0 Å². The number of nitrogens with one attached hydrogen (secondary N) is 1. The molecule has 84 valence electrons. The molecule has 0 aliphatic rings. The van der Waals surface area contributed by atoms with Crippen LogP contribution in [0.1, 0.15) is 16.7 Å². The van der Waals surface area contributed by atoms with Gasteiger partial charge in [-0.1, -0.05) is 22.8 Å². The van der Waals surface area contributed by atoms with Crippen molar-refractivity contribution in [2.45, 2.75) is 20.8 Å². The third-order valence-corrected chi connectivity index (χ3v) is 2.22. The molecule has 5 nitrogen and oxygen atoms in total. The second-order valence-corrected chi connectivity index (χ2v) is 3.71. The van der Waals surface area contributed by atoms with E-state index in [2.05, 4.69) is 15.3 Å². The molecule has 0 radical (unpaired) electrons. The summed E-state index contributed by atoms with van der Waals surface area (Å²) in [6, 6.07) is 3.99. The van der Waals surface area contributed by atoms with Gasteiger partial charge in [-0.3, -0.25) is 4.79 Å². The number of aryl methyl sites for hydroxylation is 3. The molecule has 0 fully saturated rings. The van der Waals surface area contributed by atoms with Crippen molar-refractivity contribution < 1.29 is 4.79 Å². The van der Waals surface area contributed by atoms with Crippen molar-refractivity contribution in [2.75, 3.05) is 11.9 Å². The van der Waals surface area contributed by atoms with Crippen LogP contribution in [0.4, 0.5) is 5.69 Å². The van der Waals surface area contributed by atoms with Crippen LogP contribution in [0, 0.1) is 20.8 Å². The number of azide groups is 1. The molecule has 1 aromatic carbocycles. The average molecular weight is 218 g/mol. The van der Waals surface area contributed by atoms with E-state index in [0.717, 1.165) is 22.4 Å². The Morgan fingerprint density at radius 3 is 2.44 bits per heavy atom. The molecule has 0 heterocycles. The lowest BCUT2D eigenvalue weighted by Crippen LogP contribution is -2.16. The zero-order valence-corrected chi connectivity index (χ0v) is 9.61. The van der Waals surface area contributed by atoms with Crippen molar-refractivity contribution in [1.82, 2.24) is 0 Å². The summed E-state index contributed by atoms with van der Waals surface area (Å²) in [7, 11) is 0. The number of hydrogen-bond donors (Lipinski definition) is 1. The van der Waals surface area contributed by atoms with Crippen molar-refractivity contribution >= 4 is 11.6 Å². The van der Waals surface area contributed by atoms with Crippen LogP contribution in [0.3, 0.4) is 0 Å². The van der Waals surface area contributed by atoms with E-state index in [-0.39, 0.29) is 12.5 Å². The molecule has 0 unspecified atom stereocenters. The molecule has 0 bridgehead atoms. The van der Waals surface area contributed by atoms with E-state index < -0.39 is 0 Å². The van der Waals surface area contributed by atoms with Crippen LogP contribution < -0.4 is 5.32 Å². The van der Waals surface area contributed by atoms with Gasteiger partial charge in [0, 0.05) is 10.6 Å². The minimum Gasteiger partial charge on any atom is -0.325 e. The van der Waals surface area contributed by atoms with Crippen LogP contribution in [0.15, 0.2) is 17.2 Å². The van der Waals surface area contributed by atoms with Gasteiger partial charge in [-0.15, -0.1) is 0 Å². The Morgan fingerprint density at radius 2 is 1.94 bits per heavy atom. The zero-order valence-electron chi connectivity index (χ0n) is 9.61. The largest absolute Gasteiger partial charge is 0.325 e. The zero-order chi connectivity index (χ0) is 12.1. The molecule has 0 saturated heterocycles. The van der Waals surface area contributed by atoms with Gasteiger partial charge in [0.15, 0.2) is 0 Å². The first-order valence-corrected chi connectivity index (χ1v) is 4.93. The van der Waals surface area contributed by atoms with E-state index in [1.165, 1.54) is 0 Å². The second kappa shape index (κ2) is 5.19. The summed E-state index contributed by atoms with van der Waals surface area (Å²) in [5.74, 6) is -0.298. The molecule has 0 atom stereocenters. The van der Waals surface area contributed by atoms with Gasteiger partial charge in [0.2, 0.25) is 5.91 Å². The fourth-order valence-corrected chi connectivity index (χ4v) is 1.65. The van der Waals surface area contributed by atoms with Crippen LogP contribution >= 0.6 is 0 Å². The predicted octanol–water partition coefficient (Wildman–Crippen LogP) is 2.86. The maximum atomic E-state index is 11.4. The average Bonchev–Trinajstić information content (AvgIpc) is 2.20. The summed E-state index contributed by atoms with van der Waals surface area (Å²) < 4.78 is 0. The van der Waals surface area contributed by atoms with Gasteiger partial charge >= 0.3 is 0 Å². The molecule has 0 aliphatic carbocycles. The summed E-state index contributed by atoms with van der Waals surface area (Å²) in [5, 5.41) is 5.95. The van der Waals surface area contributed by atoms with E-state index in [0.29, 0.717) is 0 Å².